The lowest BCUT2D eigenvalue weighted by molar-refractivity contribution is -0.384. The molecule has 1 aromatic rings. The highest BCUT2D eigenvalue weighted by molar-refractivity contribution is 5.91. The van der Waals surface area contributed by atoms with Crippen molar-refractivity contribution in [2.45, 2.75) is 18.9 Å². The molecule has 0 aromatic heterocycles. The summed E-state index contributed by atoms with van der Waals surface area (Å²) in [7, 11) is 1.54. The third-order valence-corrected chi connectivity index (χ3v) is 3.48. The van der Waals surface area contributed by atoms with Crippen LogP contribution in [0.4, 0.5) is 11.4 Å². The van der Waals surface area contributed by atoms with Crippen molar-refractivity contribution in [3.8, 4) is 0 Å². The number of ether oxygens (including phenoxy) is 3. The molecule has 1 aromatic carbocycles. The molecule has 23 heavy (non-hydrogen) atoms. The molecule has 0 bridgehead atoms. The molecule has 8 heteroatoms. The van der Waals surface area contributed by atoms with E-state index in [1.807, 2.05) is 0 Å². The van der Waals surface area contributed by atoms with Crippen molar-refractivity contribution >= 4 is 17.3 Å². The quantitative estimate of drug-likeness (QED) is 0.338. The molecule has 0 radical (unpaired) electrons. The first-order chi connectivity index (χ1) is 11.1. The van der Waals surface area contributed by atoms with Crippen LogP contribution in [0.1, 0.15) is 23.2 Å². The minimum absolute atomic E-state index is 0.0797. The van der Waals surface area contributed by atoms with Crippen molar-refractivity contribution in [1.29, 1.82) is 0 Å². The van der Waals surface area contributed by atoms with Crippen molar-refractivity contribution in [2.75, 3.05) is 38.8 Å². The fourth-order valence-electron chi connectivity index (χ4n) is 2.27. The number of hydrogen-bond donors (Lipinski definition) is 1. The number of esters is 1. The summed E-state index contributed by atoms with van der Waals surface area (Å²) in [4.78, 5) is 22.6. The van der Waals surface area contributed by atoms with Crippen LogP contribution in [0.5, 0.6) is 0 Å². The minimum atomic E-state index is -0.591. The molecular weight excluding hydrogens is 304 g/mol. The molecule has 1 N–H and O–H groups in total. The lowest BCUT2D eigenvalue weighted by Gasteiger charge is -2.11. The highest BCUT2D eigenvalue weighted by Gasteiger charge is 2.21. The number of carbonyl (C=O) groups excluding carboxylic acids is 1. The van der Waals surface area contributed by atoms with E-state index < -0.39 is 10.9 Å². The maximum atomic E-state index is 12.0. The average Bonchev–Trinajstić information content (AvgIpc) is 3.06. The molecule has 0 amide bonds. The number of anilines is 1. The van der Waals surface area contributed by atoms with Gasteiger partial charge in [0.2, 0.25) is 0 Å². The second-order valence-electron chi connectivity index (χ2n) is 5.14. The van der Waals surface area contributed by atoms with Crippen molar-refractivity contribution in [2.24, 2.45) is 0 Å². The lowest BCUT2D eigenvalue weighted by Crippen LogP contribution is -2.18. The largest absolute Gasteiger partial charge is 0.459 e. The fourth-order valence-corrected chi connectivity index (χ4v) is 2.27. The Bertz CT molecular complexity index is 557. The van der Waals surface area contributed by atoms with Crippen LogP contribution in [0.25, 0.3) is 0 Å². The molecule has 1 aliphatic rings. The molecule has 1 aliphatic heterocycles. The summed E-state index contributed by atoms with van der Waals surface area (Å²) >= 11 is 0. The first-order valence-electron chi connectivity index (χ1n) is 7.42. The van der Waals surface area contributed by atoms with Crippen molar-refractivity contribution in [3.63, 3.8) is 0 Å². The normalized spacial score (nSPS) is 17.0. The predicted molar refractivity (Wildman–Crippen MR) is 82.7 cm³/mol. The van der Waals surface area contributed by atoms with Crippen molar-refractivity contribution in [1.82, 2.24) is 0 Å². The number of benzene rings is 1. The van der Waals surface area contributed by atoms with Gasteiger partial charge in [-0.15, -0.1) is 0 Å². The second kappa shape index (κ2) is 8.44. The zero-order valence-corrected chi connectivity index (χ0v) is 12.9. The molecule has 0 spiro atoms. The molecule has 1 atom stereocenters. The van der Waals surface area contributed by atoms with Gasteiger partial charge in [0.05, 0.1) is 23.2 Å². The Hall–Kier alpha value is -2.19. The van der Waals surface area contributed by atoms with Gasteiger partial charge in [-0.2, -0.15) is 0 Å². The van der Waals surface area contributed by atoms with Gasteiger partial charge in [-0.05, 0) is 25.0 Å². The van der Waals surface area contributed by atoms with Crippen molar-refractivity contribution < 1.29 is 23.9 Å². The van der Waals surface area contributed by atoms with Crippen LogP contribution >= 0.6 is 0 Å². The van der Waals surface area contributed by atoms with E-state index in [4.69, 9.17) is 14.2 Å². The Kier molecular flexibility index (Phi) is 6.30. The molecule has 126 valence electrons. The first kappa shape index (κ1) is 17.2. The Morgan fingerprint density at radius 3 is 3.00 bits per heavy atom. The smallest absolute Gasteiger partial charge is 0.338 e. The third kappa shape index (κ3) is 4.90. The SMILES string of the molecule is COCCNc1ccc(C(=O)OCC2CCCO2)cc1[N+](=O)[O-]. The zero-order chi connectivity index (χ0) is 16.7. The lowest BCUT2D eigenvalue weighted by atomic mass is 10.1. The van der Waals surface area contributed by atoms with Gasteiger partial charge in [0.1, 0.15) is 12.3 Å². The summed E-state index contributed by atoms with van der Waals surface area (Å²) in [5.41, 5.74) is 0.308. The maximum Gasteiger partial charge on any atom is 0.338 e. The molecule has 1 unspecified atom stereocenters. The van der Waals surface area contributed by atoms with Crippen LogP contribution in [0.2, 0.25) is 0 Å². The average molecular weight is 324 g/mol. The summed E-state index contributed by atoms with van der Waals surface area (Å²) in [6.45, 7) is 1.69. The predicted octanol–water partition coefficient (Wildman–Crippen LogP) is 1.99. The summed E-state index contributed by atoms with van der Waals surface area (Å²) < 4.78 is 15.4. The number of nitrogens with zero attached hydrogens (tertiary/aromatic N) is 1. The van der Waals surface area contributed by atoms with E-state index in [1.54, 1.807) is 7.11 Å². The third-order valence-electron chi connectivity index (χ3n) is 3.48. The van der Waals surface area contributed by atoms with Crippen LogP contribution in [-0.4, -0.2) is 50.5 Å². The second-order valence-corrected chi connectivity index (χ2v) is 5.14. The Balaban J connectivity index is 2.01. The Morgan fingerprint density at radius 1 is 1.52 bits per heavy atom. The first-order valence-corrected chi connectivity index (χ1v) is 7.42. The molecule has 2 rings (SSSR count). The van der Waals surface area contributed by atoms with Crippen LogP contribution in [0.3, 0.4) is 0 Å². The van der Waals surface area contributed by atoms with Gasteiger partial charge >= 0.3 is 5.97 Å². The van der Waals surface area contributed by atoms with Gasteiger partial charge in [-0.25, -0.2) is 4.79 Å². The van der Waals surface area contributed by atoms with Gasteiger partial charge in [0.25, 0.3) is 5.69 Å². The topological polar surface area (TPSA) is 99.9 Å². The van der Waals surface area contributed by atoms with Gasteiger partial charge < -0.3 is 19.5 Å². The molecule has 8 nitrogen and oxygen atoms in total. The highest BCUT2D eigenvalue weighted by atomic mass is 16.6. The van der Waals surface area contributed by atoms with E-state index in [-0.39, 0.29) is 24.0 Å². The molecule has 0 saturated carbocycles. The molecule has 1 fully saturated rings. The standard InChI is InChI=1S/C15H20N2O6/c1-21-8-6-16-13-5-4-11(9-14(13)17(19)20)15(18)23-10-12-3-2-7-22-12/h4-5,9,12,16H,2-3,6-8,10H2,1H3. The van der Waals surface area contributed by atoms with Crippen molar-refractivity contribution in [3.05, 3.63) is 33.9 Å². The van der Waals surface area contributed by atoms with Gasteiger partial charge in [0.15, 0.2) is 0 Å². The Morgan fingerprint density at radius 2 is 2.35 bits per heavy atom. The maximum absolute atomic E-state index is 12.0. The van der Waals surface area contributed by atoms with Gasteiger partial charge in [-0.1, -0.05) is 0 Å². The zero-order valence-electron chi connectivity index (χ0n) is 12.9. The summed E-state index contributed by atoms with van der Waals surface area (Å²) in [6, 6.07) is 4.21. The van der Waals surface area contributed by atoms with E-state index in [1.165, 1.54) is 18.2 Å². The fraction of sp³-hybridized carbons (Fsp3) is 0.533. The van der Waals surface area contributed by atoms with E-state index in [9.17, 15) is 14.9 Å². The molecule has 1 heterocycles. The molecular formula is C15H20N2O6. The number of methoxy groups -OCH3 is 1. The van der Waals surface area contributed by atoms with E-state index in [0.717, 1.165) is 12.8 Å². The summed E-state index contributed by atoms with van der Waals surface area (Å²) in [6.07, 6.45) is 1.73. The number of nitro benzene ring substituents is 1. The molecule has 1 saturated heterocycles. The Labute approximate surface area is 133 Å². The van der Waals surface area contributed by atoms with Gasteiger partial charge in [0, 0.05) is 26.3 Å². The minimum Gasteiger partial charge on any atom is -0.459 e. The highest BCUT2D eigenvalue weighted by Crippen LogP contribution is 2.26. The van der Waals surface area contributed by atoms with Gasteiger partial charge in [-0.3, -0.25) is 10.1 Å². The molecule has 0 aliphatic carbocycles. The van der Waals surface area contributed by atoms with Crippen LogP contribution in [0, 0.1) is 10.1 Å². The van der Waals surface area contributed by atoms with E-state index in [0.29, 0.717) is 25.4 Å². The van der Waals surface area contributed by atoms with E-state index >= 15 is 0 Å². The monoisotopic (exact) mass is 324 g/mol. The number of hydrogen-bond acceptors (Lipinski definition) is 7. The summed E-state index contributed by atoms with van der Waals surface area (Å²) in [5.74, 6) is -0.591. The van der Waals surface area contributed by atoms with Crippen LogP contribution in [-0.2, 0) is 14.2 Å². The summed E-state index contributed by atoms with van der Waals surface area (Å²) in [5, 5.41) is 14.1. The number of nitro groups is 1. The van der Waals surface area contributed by atoms with E-state index in [2.05, 4.69) is 5.32 Å². The number of nitrogens with one attached hydrogen (secondary N) is 1. The number of rotatable bonds is 8. The van der Waals surface area contributed by atoms with Crippen LogP contribution in [0.15, 0.2) is 18.2 Å². The number of carbonyl (C=O) groups is 1. The van der Waals surface area contributed by atoms with Crippen LogP contribution < -0.4 is 5.32 Å².